The Hall–Kier alpha value is -0.120. The molecule has 2 atom stereocenters. The van der Waals surface area contributed by atoms with Gasteiger partial charge in [0.25, 0.3) is 0 Å². The van der Waals surface area contributed by atoms with Crippen LogP contribution in [0.15, 0.2) is 0 Å². The fourth-order valence-electron chi connectivity index (χ4n) is 3.33. The molecule has 0 bridgehead atoms. The molecular formula is C14H28N2O. The zero-order valence-corrected chi connectivity index (χ0v) is 11.3. The summed E-state index contributed by atoms with van der Waals surface area (Å²) in [5, 5.41) is 10.2. The van der Waals surface area contributed by atoms with E-state index in [4.69, 9.17) is 0 Å². The van der Waals surface area contributed by atoms with Crippen LogP contribution >= 0.6 is 0 Å². The van der Waals surface area contributed by atoms with Crippen LogP contribution in [0.3, 0.4) is 0 Å². The maximum absolute atomic E-state index is 10.2. The second-order valence-electron chi connectivity index (χ2n) is 5.65. The van der Waals surface area contributed by atoms with Gasteiger partial charge >= 0.3 is 0 Å². The molecule has 1 saturated heterocycles. The van der Waals surface area contributed by atoms with Crippen molar-refractivity contribution >= 4 is 0 Å². The molecule has 0 spiro atoms. The summed E-state index contributed by atoms with van der Waals surface area (Å²) in [6.45, 7) is 8.18. The fourth-order valence-corrected chi connectivity index (χ4v) is 3.33. The van der Waals surface area contributed by atoms with Gasteiger partial charge < -0.3 is 10.0 Å². The smallest absolute Gasteiger partial charge is 0.0695 e. The largest absolute Gasteiger partial charge is 0.391 e. The number of piperazine rings is 1. The number of hydrogen-bond acceptors (Lipinski definition) is 3. The van der Waals surface area contributed by atoms with Gasteiger partial charge in [-0.3, -0.25) is 4.90 Å². The van der Waals surface area contributed by atoms with Crippen LogP contribution in [-0.2, 0) is 0 Å². The molecule has 0 radical (unpaired) electrons. The van der Waals surface area contributed by atoms with E-state index >= 15 is 0 Å². The molecule has 1 aliphatic heterocycles. The number of aliphatic hydroxyl groups is 1. The average molecular weight is 240 g/mol. The Balaban J connectivity index is 1.82. The standard InChI is InChI=1S/C14H28N2O/c1-2-8-15-9-11-16(12-10-15)13-6-4-3-5-7-14(13)17/h13-14,17H,2-12H2,1H3. The van der Waals surface area contributed by atoms with E-state index in [2.05, 4.69) is 16.7 Å². The van der Waals surface area contributed by atoms with E-state index in [-0.39, 0.29) is 6.10 Å². The van der Waals surface area contributed by atoms with Crippen molar-refractivity contribution in [3.8, 4) is 0 Å². The molecule has 0 aromatic heterocycles. The first-order valence-corrected chi connectivity index (χ1v) is 7.45. The summed E-state index contributed by atoms with van der Waals surface area (Å²) in [5.74, 6) is 0. The molecule has 2 rings (SSSR count). The Bertz CT molecular complexity index is 214. The van der Waals surface area contributed by atoms with Gasteiger partial charge in [-0.2, -0.15) is 0 Å². The van der Waals surface area contributed by atoms with Crippen molar-refractivity contribution in [2.45, 2.75) is 57.6 Å². The van der Waals surface area contributed by atoms with Crippen LogP contribution in [0.5, 0.6) is 0 Å². The molecule has 1 heterocycles. The normalized spacial score (nSPS) is 33.5. The predicted octanol–water partition coefficient (Wildman–Crippen LogP) is 1.71. The SMILES string of the molecule is CCCN1CCN(C2CCCCCC2O)CC1. The Morgan fingerprint density at radius 1 is 1.00 bits per heavy atom. The maximum Gasteiger partial charge on any atom is 0.0695 e. The van der Waals surface area contributed by atoms with Gasteiger partial charge in [-0.05, 0) is 25.8 Å². The van der Waals surface area contributed by atoms with E-state index < -0.39 is 0 Å². The molecule has 1 saturated carbocycles. The number of nitrogens with zero attached hydrogens (tertiary/aromatic N) is 2. The van der Waals surface area contributed by atoms with Gasteiger partial charge in [-0.1, -0.05) is 26.2 Å². The summed E-state index contributed by atoms with van der Waals surface area (Å²) in [6.07, 6.45) is 7.23. The molecule has 2 unspecified atom stereocenters. The Morgan fingerprint density at radius 3 is 2.41 bits per heavy atom. The van der Waals surface area contributed by atoms with Crippen LogP contribution in [0.25, 0.3) is 0 Å². The van der Waals surface area contributed by atoms with Crippen LogP contribution < -0.4 is 0 Å². The summed E-state index contributed by atoms with van der Waals surface area (Å²) in [4.78, 5) is 5.10. The summed E-state index contributed by atoms with van der Waals surface area (Å²) in [6, 6.07) is 0.446. The van der Waals surface area contributed by atoms with E-state index in [9.17, 15) is 5.11 Å². The quantitative estimate of drug-likeness (QED) is 0.761. The van der Waals surface area contributed by atoms with Gasteiger partial charge in [-0.15, -0.1) is 0 Å². The molecule has 1 N–H and O–H groups in total. The summed E-state index contributed by atoms with van der Waals surface area (Å²) >= 11 is 0. The van der Waals surface area contributed by atoms with Crippen LogP contribution in [-0.4, -0.2) is 59.8 Å². The van der Waals surface area contributed by atoms with Gasteiger partial charge in [0, 0.05) is 32.2 Å². The highest BCUT2D eigenvalue weighted by Gasteiger charge is 2.29. The third-order valence-electron chi connectivity index (χ3n) is 4.36. The summed E-state index contributed by atoms with van der Waals surface area (Å²) < 4.78 is 0. The number of rotatable bonds is 3. The molecule has 17 heavy (non-hydrogen) atoms. The minimum absolute atomic E-state index is 0.0739. The van der Waals surface area contributed by atoms with E-state index in [1.807, 2.05) is 0 Å². The van der Waals surface area contributed by atoms with Crippen molar-refractivity contribution in [1.29, 1.82) is 0 Å². The number of aliphatic hydroxyl groups excluding tert-OH is 1. The van der Waals surface area contributed by atoms with Crippen molar-refractivity contribution in [1.82, 2.24) is 9.80 Å². The molecule has 3 heteroatoms. The molecule has 2 fully saturated rings. The first-order valence-electron chi connectivity index (χ1n) is 7.45. The van der Waals surface area contributed by atoms with E-state index in [0.29, 0.717) is 6.04 Å². The van der Waals surface area contributed by atoms with Crippen LogP contribution in [0.4, 0.5) is 0 Å². The molecular weight excluding hydrogens is 212 g/mol. The molecule has 0 aromatic rings. The lowest BCUT2D eigenvalue weighted by Gasteiger charge is -2.40. The molecule has 1 aliphatic carbocycles. The Morgan fingerprint density at radius 2 is 1.71 bits per heavy atom. The van der Waals surface area contributed by atoms with Crippen LogP contribution in [0.1, 0.15) is 45.4 Å². The molecule has 0 aromatic carbocycles. The van der Waals surface area contributed by atoms with Crippen LogP contribution in [0, 0.1) is 0 Å². The van der Waals surface area contributed by atoms with E-state index in [1.54, 1.807) is 0 Å². The van der Waals surface area contributed by atoms with Crippen molar-refractivity contribution in [2.24, 2.45) is 0 Å². The van der Waals surface area contributed by atoms with Gasteiger partial charge in [0.15, 0.2) is 0 Å². The lowest BCUT2D eigenvalue weighted by molar-refractivity contribution is 0.0154. The molecule has 2 aliphatic rings. The van der Waals surface area contributed by atoms with Gasteiger partial charge in [0.05, 0.1) is 6.10 Å². The molecule has 100 valence electrons. The highest BCUT2D eigenvalue weighted by atomic mass is 16.3. The second kappa shape index (κ2) is 6.72. The van der Waals surface area contributed by atoms with Gasteiger partial charge in [-0.25, -0.2) is 0 Å². The lowest BCUT2D eigenvalue weighted by Crippen LogP contribution is -2.53. The van der Waals surface area contributed by atoms with Crippen molar-refractivity contribution in [3.05, 3.63) is 0 Å². The third-order valence-corrected chi connectivity index (χ3v) is 4.36. The third kappa shape index (κ3) is 3.67. The van der Waals surface area contributed by atoms with E-state index in [0.717, 1.165) is 19.5 Å². The minimum Gasteiger partial charge on any atom is -0.391 e. The number of hydrogen-bond donors (Lipinski definition) is 1. The van der Waals surface area contributed by atoms with Gasteiger partial charge in [0.1, 0.15) is 0 Å². The van der Waals surface area contributed by atoms with Crippen molar-refractivity contribution < 1.29 is 5.11 Å². The average Bonchev–Trinajstić information content (AvgIpc) is 2.56. The monoisotopic (exact) mass is 240 g/mol. The Labute approximate surface area is 106 Å². The maximum atomic E-state index is 10.2. The fraction of sp³-hybridized carbons (Fsp3) is 1.00. The lowest BCUT2D eigenvalue weighted by atomic mass is 10.0. The predicted molar refractivity (Wildman–Crippen MR) is 71.2 cm³/mol. The first kappa shape index (κ1) is 13.3. The van der Waals surface area contributed by atoms with Gasteiger partial charge in [0.2, 0.25) is 0 Å². The van der Waals surface area contributed by atoms with E-state index in [1.165, 1.54) is 51.7 Å². The first-order chi connectivity index (χ1) is 8.31. The van der Waals surface area contributed by atoms with Crippen LogP contribution in [0.2, 0.25) is 0 Å². The Kier molecular flexibility index (Phi) is 5.26. The van der Waals surface area contributed by atoms with Crippen molar-refractivity contribution in [2.75, 3.05) is 32.7 Å². The minimum atomic E-state index is -0.0739. The zero-order valence-electron chi connectivity index (χ0n) is 11.3. The second-order valence-corrected chi connectivity index (χ2v) is 5.65. The summed E-state index contributed by atoms with van der Waals surface area (Å²) in [5.41, 5.74) is 0. The highest BCUT2D eigenvalue weighted by Crippen LogP contribution is 2.23. The highest BCUT2D eigenvalue weighted by molar-refractivity contribution is 4.85. The topological polar surface area (TPSA) is 26.7 Å². The zero-order chi connectivity index (χ0) is 12.1. The molecule has 3 nitrogen and oxygen atoms in total. The molecule has 0 amide bonds. The van der Waals surface area contributed by atoms with Crippen molar-refractivity contribution in [3.63, 3.8) is 0 Å². The summed E-state index contributed by atoms with van der Waals surface area (Å²) in [7, 11) is 0.